The third-order valence-electron chi connectivity index (χ3n) is 2.66. The molecule has 0 aliphatic heterocycles. The summed E-state index contributed by atoms with van der Waals surface area (Å²) in [5, 5.41) is 0. The molecule has 0 saturated carbocycles. The summed E-state index contributed by atoms with van der Waals surface area (Å²) < 4.78 is 1.14. The Kier molecular flexibility index (Phi) is 3.99. The highest BCUT2D eigenvalue weighted by atomic mass is 32.1. The van der Waals surface area contributed by atoms with Gasteiger partial charge in [-0.2, -0.15) is 0 Å². The van der Waals surface area contributed by atoms with Crippen LogP contribution in [0.15, 0.2) is 29.3 Å². The molecule has 4 nitrogen and oxygen atoms in total. The number of hydrogen-bond acceptors (Lipinski definition) is 4. The number of pyridine rings is 1. The van der Waals surface area contributed by atoms with Crippen LogP contribution in [0.1, 0.15) is 26.3 Å². The van der Waals surface area contributed by atoms with E-state index in [2.05, 4.69) is 9.97 Å². The Labute approximate surface area is 120 Å². The second kappa shape index (κ2) is 5.54. The molecule has 0 aliphatic rings. The fourth-order valence-electron chi connectivity index (χ4n) is 1.47. The SMILES string of the molecule is CC(C)(C)C(=O)/C=c1/[nH]c(=O)/c(=C/c2cccnc2)s1. The number of ketones is 1. The van der Waals surface area contributed by atoms with Gasteiger partial charge in [-0.3, -0.25) is 14.6 Å². The summed E-state index contributed by atoms with van der Waals surface area (Å²) in [5.74, 6) is -0.0112. The van der Waals surface area contributed by atoms with Crippen LogP contribution in [0.2, 0.25) is 0 Å². The van der Waals surface area contributed by atoms with Gasteiger partial charge in [-0.15, -0.1) is 11.3 Å². The lowest BCUT2D eigenvalue weighted by Crippen LogP contribution is -2.22. The monoisotopic (exact) mass is 288 g/mol. The molecule has 20 heavy (non-hydrogen) atoms. The molecule has 0 radical (unpaired) electrons. The van der Waals surface area contributed by atoms with Crippen molar-refractivity contribution in [2.24, 2.45) is 5.41 Å². The molecule has 1 N–H and O–H groups in total. The molecule has 2 rings (SSSR count). The molecule has 0 spiro atoms. The fourth-order valence-corrected chi connectivity index (χ4v) is 2.36. The van der Waals surface area contributed by atoms with E-state index in [1.165, 1.54) is 17.4 Å². The van der Waals surface area contributed by atoms with E-state index in [-0.39, 0.29) is 11.3 Å². The van der Waals surface area contributed by atoms with E-state index in [1.807, 2.05) is 32.9 Å². The van der Waals surface area contributed by atoms with Gasteiger partial charge >= 0.3 is 0 Å². The van der Waals surface area contributed by atoms with Gasteiger partial charge in [-0.25, -0.2) is 0 Å². The van der Waals surface area contributed by atoms with Crippen molar-refractivity contribution in [1.82, 2.24) is 9.97 Å². The third-order valence-corrected chi connectivity index (χ3v) is 3.63. The van der Waals surface area contributed by atoms with Crippen LogP contribution in [0.4, 0.5) is 0 Å². The second-order valence-corrected chi connectivity index (χ2v) is 6.56. The zero-order valence-electron chi connectivity index (χ0n) is 11.6. The van der Waals surface area contributed by atoms with Crippen LogP contribution >= 0.6 is 11.3 Å². The summed E-state index contributed by atoms with van der Waals surface area (Å²) in [4.78, 5) is 30.5. The number of carbonyl (C=O) groups is 1. The van der Waals surface area contributed by atoms with Gasteiger partial charge in [0, 0.05) is 23.9 Å². The Morgan fingerprint density at radius 2 is 2.15 bits per heavy atom. The first-order chi connectivity index (χ1) is 9.36. The summed E-state index contributed by atoms with van der Waals surface area (Å²) in [6, 6.07) is 3.68. The molecule has 2 aromatic heterocycles. The Balaban J connectivity index is 2.46. The highest BCUT2D eigenvalue weighted by Crippen LogP contribution is 2.14. The number of carbonyl (C=O) groups excluding carboxylic acids is 1. The van der Waals surface area contributed by atoms with Crippen molar-refractivity contribution >= 4 is 29.3 Å². The highest BCUT2D eigenvalue weighted by molar-refractivity contribution is 7.07. The van der Waals surface area contributed by atoms with Gasteiger partial charge in [0.15, 0.2) is 5.78 Å². The van der Waals surface area contributed by atoms with Crippen LogP contribution in [0.25, 0.3) is 12.2 Å². The van der Waals surface area contributed by atoms with E-state index in [1.54, 1.807) is 18.5 Å². The maximum absolute atomic E-state index is 11.9. The van der Waals surface area contributed by atoms with E-state index < -0.39 is 5.41 Å². The molecule has 5 heteroatoms. The first kappa shape index (κ1) is 14.4. The molecule has 0 saturated heterocycles. The van der Waals surface area contributed by atoms with Crippen molar-refractivity contribution in [2.75, 3.05) is 0 Å². The number of nitrogens with zero attached hydrogens (tertiary/aromatic N) is 1. The van der Waals surface area contributed by atoms with Crippen LogP contribution in [-0.4, -0.2) is 15.8 Å². The van der Waals surface area contributed by atoms with Crippen molar-refractivity contribution in [1.29, 1.82) is 0 Å². The summed E-state index contributed by atoms with van der Waals surface area (Å²) in [5.41, 5.74) is 0.217. The molecular formula is C15H16N2O2S. The lowest BCUT2D eigenvalue weighted by atomic mass is 9.91. The van der Waals surface area contributed by atoms with Crippen LogP contribution in [-0.2, 0) is 4.79 Å². The molecule has 104 valence electrons. The first-order valence-electron chi connectivity index (χ1n) is 6.23. The molecular weight excluding hydrogens is 272 g/mol. The van der Waals surface area contributed by atoms with Crippen molar-refractivity contribution in [3.8, 4) is 0 Å². The minimum Gasteiger partial charge on any atom is -0.313 e. The fraction of sp³-hybridized carbons (Fsp3) is 0.267. The Morgan fingerprint density at radius 3 is 2.75 bits per heavy atom. The van der Waals surface area contributed by atoms with Gasteiger partial charge in [0.25, 0.3) is 5.56 Å². The van der Waals surface area contributed by atoms with Gasteiger partial charge < -0.3 is 4.98 Å². The van der Waals surface area contributed by atoms with Crippen molar-refractivity contribution in [2.45, 2.75) is 20.8 Å². The largest absolute Gasteiger partial charge is 0.313 e. The summed E-state index contributed by atoms with van der Waals surface area (Å²) in [6.07, 6.45) is 6.61. The molecule has 0 aliphatic carbocycles. The van der Waals surface area contributed by atoms with Crippen LogP contribution in [0, 0.1) is 5.41 Å². The molecule has 0 atom stereocenters. The highest BCUT2D eigenvalue weighted by Gasteiger charge is 2.18. The summed E-state index contributed by atoms with van der Waals surface area (Å²) >= 11 is 1.27. The van der Waals surface area contributed by atoms with E-state index >= 15 is 0 Å². The molecule has 0 bridgehead atoms. The molecule has 0 unspecified atom stereocenters. The minimum absolute atomic E-state index is 0.0112. The molecule has 2 heterocycles. The van der Waals surface area contributed by atoms with E-state index in [0.29, 0.717) is 9.20 Å². The second-order valence-electron chi connectivity index (χ2n) is 5.47. The zero-order valence-corrected chi connectivity index (χ0v) is 12.5. The zero-order chi connectivity index (χ0) is 14.8. The number of aromatic amines is 1. The van der Waals surface area contributed by atoms with Crippen molar-refractivity contribution in [3.63, 3.8) is 0 Å². The van der Waals surface area contributed by atoms with Gasteiger partial charge in [0.1, 0.15) is 0 Å². The van der Waals surface area contributed by atoms with E-state index in [0.717, 1.165) is 5.56 Å². The molecule has 2 aromatic rings. The number of nitrogens with one attached hydrogen (secondary N) is 1. The van der Waals surface area contributed by atoms with Crippen molar-refractivity contribution in [3.05, 3.63) is 49.6 Å². The predicted octanol–water partition coefficient (Wildman–Crippen LogP) is 1.06. The standard InChI is InChI=1S/C15H16N2O2S/c1-15(2,3)12(18)8-13-17-14(19)11(20-13)7-10-5-4-6-16-9-10/h4-9H,1-3H3,(H,17,19)/b11-7-,13-8-. The van der Waals surface area contributed by atoms with Crippen LogP contribution in [0.3, 0.4) is 0 Å². The Morgan fingerprint density at radius 1 is 1.40 bits per heavy atom. The lowest BCUT2D eigenvalue weighted by molar-refractivity contribution is -0.119. The van der Waals surface area contributed by atoms with E-state index in [9.17, 15) is 9.59 Å². The van der Waals surface area contributed by atoms with Crippen LogP contribution in [0.5, 0.6) is 0 Å². The number of Topliss-reactive ketones (excluding diaryl/α,β-unsaturated/α-hetero) is 1. The van der Waals surface area contributed by atoms with Gasteiger partial charge in [0.2, 0.25) is 0 Å². The smallest absolute Gasteiger partial charge is 0.266 e. The lowest BCUT2D eigenvalue weighted by Gasteiger charge is -2.12. The normalized spacial score (nSPS) is 13.8. The molecule has 0 aromatic carbocycles. The average Bonchev–Trinajstić information content (AvgIpc) is 2.70. The molecule has 0 fully saturated rings. The number of hydrogen-bond donors (Lipinski definition) is 1. The Bertz CT molecular complexity index is 780. The van der Waals surface area contributed by atoms with Gasteiger partial charge in [-0.05, 0) is 17.7 Å². The predicted molar refractivity (Wildman–Crippen MR) is 80.9 cm³/mol. The number of H-pyrrole nitrogens is 1. The Hall–Kier alpha value is -2.01. The quantitative estimate of drug-likeness (QED) is 0.898. The maximum atomic E-state index is 11.9. The van der Waals surface area contributed by atoms with Crippen LogP contribution < -0.4 is 14.8 Å². The number of aromatic nitrogens is 2. The minimum atomic E-state index is -0.450. The van der Waals surface area contributed by atoms with E-state index in [4.69, 9.17) is 0 Å². The van der Waals surface area contributed by atoms with Gasteiger partial charge in [0.05, 0.1) is 9.20 Å². The number of rotatable bonds is 2. The molecule has 0 amide bonds. The average molecular weight is 288 g/mol. The first-order valence-corrected chi connectivity index (χ1v) is 7.05. The number of thiazole rings is 1. The van der Waals surface area contributed by atoms with Crippen molar-refractivity contribution < 1.29 is 4.79 Å². The van der Waals surface area contributed by atoms with Gasteiger partial charge in [-0.1, -0.05) is 26.8 Å². The summed E-state index contributed by atoms with van der Waals surface area (Å²) in [6.45, 7) is 5.54. The third kappa shape index (κ3) is 3.51. The summed E-state index contributed by atoms with van der Waals surface area (Å²) in [7, 11) is 0. The maximum Gasteiger partial charge on any atom is 0.266 e. The topological polar surface area (TPSA) is 62.8 Å².